The standard InChI is InChI=1S/C20H21NO3/c1-13-8-9-15(3)18(10-13)24-20(23)16-11-19(22)21(12-16)17-7-5-4-6-14(17)2/h4-10,16H,11-12H2,1-3H3/t16-/m1/s1. The number of amides is 1. The summed E-state index contributed by atoms with van der Waals surface area (Å²) in [5, 5.41) is 0. The molecule has 1 aliphatic heterocycles. The van der Waals surface area contributed by atoms with Gasteiger partial charge in [-0.1, -0.05) is 30.3 Å². The van der Waals surface area contributed by atoms with E-state index in [4.69, 9.17) is 4.74 Å². The summed E-state index contributed by atoms with van der Waals surface area (Å²) in [4.78, 5) is 26.5. The van der Waals surface area contributed by atoms with Crippen molar-refractivity contribution in [1.82, 2.24) is 0 Å². The highest BCUT2D eigenvalue weighted by atomic mass is 16.5. The fourth-order valence-corrected chi connectivity index (χ4v) is 2.97. The zero-order valence-electron chi connectivity index (χ0n) is 14.2. The highest BCUT2D eigenvalue weighted by Crippen LogP contribution is 2.29. The fraction of sp³-hybridized carbons (Fsp3) is 0.300. The molecule has 1 amide bonds. The van der Waals surface area contributed by atoms with Crippen LogP contribution in [0.25, 0.3) is 0 Å². The molecule has 0 N–H and O–H groups in total. The lowest BCUT2D eigenvalue weighted by Crippen LogP contribution is -2.27. The zero-order valence-corrected chi connectivity index (χ0v) is 14.2. The van der Waals surface area contributed by atoms with Crippen LogP contribution in [0.5, 0.6) is 5.75 Å². The average molecular weight is 323 g/mol. The summed E-state index contributed by atoms with van der Waals surface area (Å²) in [6.45, 7) is 6.19. The Kier molecular flexibility index (Phi) is 4.38. The number of ether oxygens (including phenoxy) is 1. The van der Waals surface area contributed by atoms with Gasteiger partial charge in [0.15, 0.2) is 0 Å². The number of rotatable bonds is 3. The Bertz CT molecular complexity index is 797. The van der Waals surface area contributed by atoms with Gasteiger partial charge in [0.05, 0.1) is 5.92 Å². The molecule has 0 radical (unpaired) electrons. The van der Waals surface area contributed by atoms with E-state index in [-0.39, 0.29) is 18.3 Å². The van der Waals surface area contributed by atoms with Gasteiger partial charge in [-0.3, -0.25) is 9.59 Å². The van der Waals surface area contributed by atoms with E-state index in [2.05, 4.69) is 0 Å². The van der Waals surface area contributed by atoms with E-state index in [9.17, 15) is 9.59 Å². The van der Waals surface area contributed by atoms with Crippen molar-refractivity contribution < 1.29 is 14.3 Å². The normalized spacial score (nSPS) is 17.2. The van der Waals surface area contributed by atoms with Crippen molar-refractivity contribution in [3.8, 4) is 5.75 Å². The third-order valence-corrected chi connectivity index (χ3v) is 4.42. The van der Waals surface area contributed by atoms with E-state index >= 15 is 0 Å². The van der Waals surface area contributed by atoms with Crippen molar-refractivity contribution in [1.29, 1.82) is 0 Å². The largest absolute Gasteiger partial charge is 0.426 e. The third-order valence-electron chi connectivity index (χ3n) is 4.42. The van der Waals surface area contributed by atoms with Gasteiger partial charge in [-0.2, -0.15) is 0 Å². The maximum atomic E-state index is 12.5. The van der Waals surface area contributed by atoms with Gasteiger partial charge in [0.1, 0.15) is 5.75 Å². The number of benzene rings is 2. The van der Waals surface area contributed by atoms with Gasteiger partial charge < -0.3 is 9.64 Å². The summed E-state index contributed by atoms with van der Waals surface area (Å²) >= 11 is 0. The van der Waals surface area contributed by atoms with Crippen LogP contribution in [0.2, 0.25) is 0 Å². The Balaban J connectivity index is 1.75. The molecule has 0 bridgehead atoms. The molecule has 0 aromatic heterocycles. The number of para-hydroxylation sites is 1. The molecule has 1 atom stereocenters. The molecule has 0 unspecified atom stereocenters. The SMILES string of the molecule is Cc1ccc(C)c(OC(=O)[C@@H]2CC(=O)N(c3ccccc3C)C2)c1. The summed E-state index contributed by atoms with van der Waals surface area (Å²) in [6.07, 6.45) is 0.192. The molecule has 4 heteroatoms. The molecule has 124 valence electrons. The maximum absolute atomic E-state index is 12.5. The maximum Gasteiger partial charge on any atom is 0.316 e. The first kappa shape index (κ1) is 16.2. The van der Waals surface area contributed by atoms with Crippen LogP contribution < -0.4 is 9.64 Å². The second-order valence-electron chi connectivity index (χ2n) is 6.38. The number of aryl methyl sites for hydroxylation is 3. The van der Waals surface area contributed by atoms with Crippen molar-refractivity contribution in [3.05, 3.63) is 59.2 Å². The van der Waals surface area contributed by atoms with Crippen LogP contribution in [-0.2, 0) is 9.59 Å². The van der Waals surface area contributed by atoms with Crippen LogP contribution in [-0.4, -0.2) is 18.4 Å². The lowest BCUT2D eigenvalue weighted by molar-refractivity contribution is -0.139. The minimum Gasteiger partial charge on any atom is -0.426 e. The highest BCUT2D eigenvalue weighted by Gasteiger charge is 2.37. The molecule has 2 aromatic rings. The van der Waals surface area contributed by atoms with Crippen LogP contribution in [0.15, 0.2) is 42.5 Å². The van der Waals surface area contributed by atoms with Crippen LogP contribution >= 0.6 is 0 Å². The number of hydrogen-bond donors (Lipinski definition) is 0. The summed E-state index contributed by atoms with van der Waals surface area (Å²) in [6, 6.07) is 13.5. The molecule has 0 aliphatic carbocycles. The minimum atomic E-state index is -0.433. The van der Waals surface area contributed by atoms with Crippen molar-refractivity contribution in [2.45, 2.75) is 27.2 Å². The Morgan fingerprint density at radius 3 is 2.58 bits per heavy atom. The monoisotopic (exact) mass is 323 g/mol. The molecule has 1 saturated heterocycles. The topological polar surface area (TPSA) is 46.6 Å². The van der Waals surface area contributed by atoms with Crippen molar-refractivity contribution >= 4 is 17.6 Å². The van der Waals surface area contributed by atoms with E-state index in [0.29, 0.717) is 12.3 Å². The molecular formula is C20H21NO3. The first-order valence-electron chi connectivity index (χ1n) is 8.10. The van der Waals surface area contributed by atoms with E-state index in [1.54, 1.807) is 4.90 Å². The molecule has 1 fully saturated rings. The summed E-state index contributed by atoms with van der Waals surface area (Å²) < 4.78 is 5.55. The molecule has 1 heterocycles. The van der Waals surface area contributed by atoms with E-state index in [1.807, 2.05) is 63.2 Å². The second-order valence-corrected chi connectivity index (χ2v) is 6.38. The van der Waals surface area contributed by atoms with Gasteiger partial charge >= 0.3 is 5.97 Å². The number of nitrogens with zero attached hydrogens (tertiary/aromatic N) is 1. The average Bonchev–Trinajstić information content (AvgIpc) is 2.93. The number of carbonyl (C=O) groups is 2. The number of esters is 1. The molecule has 0 spiro atoms. The fourth-order valence-electron chi connectivity index (χ4n) is 2.97. The molecule has 0 saturated carbocycles. The van der Waals surface area contributed by atoms with Crippen molar-refractivity contribution in [3.63, 3.8) is 0 Å². The molecule has 24 heavy (non-hydrogen) atoms. The van der Waals surface area contributed by atoms with Gasteiger partial charge in [0.25, 0.3) is 0 Å². The van der Waals surface area contributed by atoms with Crippen LogP contribution in [0, 0.1) is 26.7 Å². The summed E-state index contributed by atoms with van der Waals surface area (Å²) in [7, 11) is 0. The first-order chi connectivity index (χ1) is 11.5. The molecular weight excluding hydrogens is 302 g/mol. The van der Waals surface area contributed by atoms with Gasteiger partial charge in [-0.05, 0) is 49.6 Å². The molecule has 1 aliphatic rings. The molecule has 4 nitrogen and oxygen atoms in total. The molecule has 3 rings (SSSR count). The predicted octanol–water partition coefficient (Wildman–Crippen LogP) is 3.57. The number of carbonyl (C=O) groups excluding carboxylic acids is 2. The van der Waals surface area contributed by atoms with Crippen LogP contribution in [0.3, 0.4) is 0 Å². The highest BCUT2D eigenvalue weighted by molar-refractivity contribution is 6.00. The van der Waals surface area contributed by atoms with E-state index in [1.165, 1.54) is 0 Å². The minimum absolute atomic E-state index is 0.0350. The lowest BCUT2D eigenvalue weighted by atomic mass is 10.1. The van der Waals surface area contributed by atoms with E-state index in [0.717, 1.165) is 22.4 Å². The van der Waals surface area contributed by atoms with Gasteiger partial charge in [-0.25, -0.2) is 0 Å². The van der Waals surface area contributed by atoms with Crippen molar-refractivity contribution in [2.24, 2.45) is 5.92 Å². The quantitative estimate of drug-likeness (QED) is 0.641. The Morgan fingerprint density at radius 2 is 1.83 bits per heavy atom. The number of hydrogen-bond acceptors (Lipinski definition) is 3. The smallest absolute Gasteiger partial charge is 0.316 e. The lowest BCUT2D eigenvalue weighted by Gasteiger charge is -2.18. The van der Waals surface area contributed by atoms with Gasteiger partial charge in [-0.15, -0.1) is 0 Å². The summed E-state index contributed by atoms with van der Waals surface area (Å²) in [5.41, 5.74) is 3.83. The van der Waals surface area contributed by atoms with Gasteiger partial charge in [0.2, 0.25) is 5.91 Å². The summed E-state index contributed by atoms with van der Waals surface area (Å²) in [5.74, 6) is -0.237. The molecule has 2 aromatic carbocycles. The predicted molar refractivity (Wildman–Crippen MR) is 93.2 cm³/mol. The second kappa shape index (κ2) is 6.48. The Hall–Kier alpha value is -2.62. The Morgan fingerprint density at radius 1 is 1.08 bits per heavy atom. The Labute approximate surface area is 142 Å². The zero-order chi connectivity index (χ0) is 17.3. The number of anilines is 1. The van der Waals surface area contributed by atoms with Crippen LogP contribution in [0.1, 0.15) is 23.1 Å². The third kappa shape index (κ3) is 3.18. The van der Waals surface area contributed by atoms with Gasteiger partial charge in [0, 0.05) is 18.7 Å². The van der Waals surface area contributed by atoms with Crippen LogP contribution in [0.4, 0.5) is 5.69 Å². The van der Waals surface area contributed by atoms with Crippen molar-refractivity contribution in [2.75, 3.05) is 11.4 Å². The first-order valence-corrected chi connectivity index (χ1v) is 8.10. The van der Waals surface area contributed by atoms with E-state index < -0.39 is 5.92 Å².